The monoisotopic (exact) mass is 392 g/mol. The van der Waals surface area contributed by atoms with Gasteiger partial charge in [0.25, 0.3) is 0 Å². The number of hydrogen-bond acceptors (Lipinski definition) is 6. The van der Waals surface area contributed by atoms with Crippen LogP contribution in [0.1, 0.15) is 43.1 Å². The lowest BCUT2D eigenvalue weighted by atomic mass is 9.97. The summed E-state index contributed by atoms with van der Waals surface area (Å²) in [7, 11) is 1.31. The first-order valence-corrected chi connectivity index (χ1v) is 9.88. The van der Waals surface area contributed by atoms with Crippen LogP contribution in [0.25, 0.3) is 5.57 Å². The largest absolute Gasteiger partial charge is 0.466 e. The van der Waals surface area contributed by atoms with Gasteiger partial charge < -0.3 is 9.47 Å². The molecule has 0 spiro atoms. The predicted molar refractivity (Wildman–Crippen MR) is 107 cm³/mol. The first kappa shape index (κ1) is 20.4. The summed E-state index contributed by atoms with van der Waals surface area (Å²) in [6, 6.07) is 0. The molecular weight excluding hydrogens is 368 g/mol. The molecule has 0 aliphatic rings. The molecule has 2 rings (SSSR count). The van der Waals surface area contributed by atoms with Gasteiger partial charge in [-0.3, -0.25) is 0 Å². The predicted octanol–water partition coefficient (Wildman–Crippen LogP) is 5.21. The average Bonchev–Trinajstić information content (AvgIpc) is 2.97. The fourth-order valence-electron chi connectivity index (χ4n) is 2.93. The van der Waals surface area contributed by atoms with Crippen molar-refractivity contribution in [3.8, 4) is 5.75 Å². The molecule has 0 radical (unpaired) electrons. The van der Waals surface area contributed by atoms with Crippen LogP contribution >= 0.6 is 22.7 Å². The third-order valence-electron chi connectivity index (χ3n) is 4.57. The van der Waals surface area contributed by atoms with E-state index in [1.807, 2.05) is 41.5 Å². The number of carbonyl (C=O) groups is 2. The third kappa shape index (κ3) is 3.62. The summed E-state index contributed by atoms with van der Waals surface area (Å²) in [4.78, 5) is 29.4. The molecule has 0 fully saturated rings. The maximum atomic E-state index is 13.1. The minimum absolute atomic E-state index is 0.253. The van der Waals surface area contributed by atoms with Crippen LogP contribution < -0.4 is 4.74 Å². The number of carbonyl (C=O) groups excluding carboxylic acids is 2. The summed E-state index contributed by atoms with van der Waals surface area (Å²) < 4.78 is 10.6. The van der Waals surface area contributed by atoms with E-state index in [0.29, 0.717) is 5.75 Å². The quantitative estimate of drug-likeness (QED) is 0.529. The van der Waals surface area contributed by atoms with Gasteiger partial charge in [0, 0.05) is 36.2 Å². The fraction of sp³-hybridized carbons (Fsp3) is 0.400. The number of thiophene rings is 2. The van der Waals surface area contributed by atoms with E-state index in [1.165, 1.54) is 7.11 Å². The minimum atomic E-state index is -0.533. The van der Waals surface area contributed by atoms with Crippen LogP contribution in [-0.4, -0.2) is 19.0 Å². The highest BCUT2D eigenvalue weighted by Gasteiger charge is 2.28. The van der Waals surface area contributed by atoms with Crippen LogP contribution in [0.4, 0.5) is 0 Å². The van der Waals surface area contributed by atoms with Gasteiger partial charge in [-0.05, 0) is 54.0 Å². The first-order chi connectivity index (χ1) is 12.1. The van der Waals surface area contributed by atoms with Gasteiger partial charge in [0.15, 0.2) is 0 Å². The van der Waals surface area contributed by atoms with E-state index in [-0.39, 0.29) is 11.1 Å². The van der Waals surface area contributed by atoms with Crippen molar-refractivity contribution >= 4 is 40.2 Å². The standard InChI is InChI=1S/C20H24O4S2/c1-9-12(4)25-14(6)16(9)17(11(3)19(21)23-8)20(22)24-18-10(2)13(5)26-15(18)7/h1-8H3. The van der Waals surface area contributed by atoms with E-state index in [2.05, 4.69) is 0 Å². The molecule has 140 valence electrons. The Bertz CT molecular complexity index is 913. The third-order valence-corrected chi connectivity index (χ3v) is 6.80. The summed E-state index contributed by atoms with van der Waals surface area (Å²) >= 11 is 3.20. The summed E-state index contributed by atoms with van der Waals surface area (Å²) in [5.41, 5.74) is 3.23. The van der Waals surface area contributed by atoms with Crippen LogP contribution in [0.2, 0.25) is 0 Å². The van der Waals surface area contributed by atoms with Crippen molar-refractivity contribution in [1.29, 1.82) is 0 Å². The summed E-state index contributed by atoms with van der Waals surface area (Å²) in [5.74, 6) is -0.481. The lowest BCUT2D eigenvalue weighted by Gasteiger charge is -2.13. The van der Waals surface area contributed by atoms with Crippen molar-refractivity contribution in [3.05, 3.63) is 41.8 Å². The van der Waals surface area contributed by atoms with E-state index in [9.17, 15) is 9.59 Å². The van der Waals surface area contributed by atoms with E-state index < -0.39 is 11.9 Å². The zero-order chi connectivity index (χ0) is 19.8. The van der Waals surface area contributed by atoms with Gasteiger partial charge in [0.05, 0.1) is 12.7 Å². The van der Waals surface area contributed by atoms with Gasteiger partial charge in [-0.2, -0.15) is 0 Å². The first-order valence-electron chi connectivity index (χ1n) is 8.25. The van der Waals surface area contributed by atoms with E-state index in [0.717, 1.165) is 36.2 Å². The molecule has 0 unspecified atom stereocenters. The molecule has 0 bridgehead atoms. The molecule has 0 saturated carbocycles. The maximum Gasteiger partial charge on any atom is 0.344 e. The zero-order valence-corrected chi connectivity index (χ0v) is 18.1. The number of ether oxygens (including phenoxy) is 2. The minimum Gasteiger partial charge on any atom is -0.466 e. The van der Waals surface area contributed by atoms with E-state index >= 15 is 0 Å². The molecule has 0 atom stereocenters. The van der Waals surface area contributed by atoms with Gasteiger partial charge in [0.2, 0.25) is 0 Å². The molecule has 2 aromatic rings. The van der Waals surface area contributed by atoms with Crippen LogP contribution in [-0.2, 0) is 14.3 Å². The van der Waals surface area contributed by atoms with Crippen molar-refractivity contribution < 1.29 is 19.1 Å². The lowest BCUT2D eigenvalue weighted by molar-refractivity contribution is -0.136. The normalized spacial score (nSPS) is 12.0. The molecule has 6 heteroatoms. The summed E-state index contributed by atoms with van der Waals surface area (Å²) in [6.07, 6.45) is 0. The molecule has 26 heavy (non-hydrogen) atoms. The molecule has 2 aromatic heterocycles. The number of rotatable bonds is 4. The highest BCUT2D eigenvalue weighted by molar-refractivity contribution is 7.12. The maximum absolute atomic E-state index is 13.1. The molecule has 0 amide bonds. The van der Waals surface area contributed by atoms with Crippen molar-refractivity contribution in [2.75, 3.05) is 7.11 Å². The summed E-state index contributed by atoms with van der Waals surface area (Å²) in [5, 5.41) is 0. The van der Waals surface area contributed by atoms with Crippen molar-refractivity contribution in [2.24, 2.45) is 0 Å². The van der Waals surface area contributed by atoms with Gasteiger partial charge in [-0.25, -0.2) is 9.59 Å². The number of aryl methyl sites for hydroxylation is 4. The SMILES string of the molecule is COC(=O)C(C)=C(C(=O)Oc1c(C)sc(C)c1C)c1c(C)sc(C)c1C. The molecule has 0 aliphatic carbocycles. The van der Waals surface area contributed by atoms with Crippen LogP contribution in [0.15, 0.2) is 5.57 Å². The van der Waals surface area contributed by atoms with Crippen LogP contribution in [0.5, 0.6) is 5.75 Å². The van der Waals surface area contributed by atoms with E-state index in [1.54, 1.807) is 29.6 Å². The molecule has 0 saturated heterocycles. The number of esters is 2. The zero-order valence-electron chi connectivity index (χ0n) is 16.4. The average molecular weight is 393 g/mol. The van der Waals surface area contributed by atoms with Crippen LogP contribution in [0, 0.1) is 41.5 Å². The topological polar surface area (TPSA) is 52.6 Å². The van der Waals surface area contributed by atoms with Crippen molar-refractivity contribution in [1.82, 2.24) is 0 Å². The van der Waals surface area contributed by atoms with E-state index in [4.69, 9.17) is 9.47 Å². The Morgan fingerprint density at radius 2 is 1.31 bits per heavy atom. The Labute approximate surface area is 162 Å². The number of methoxy groups -OCH3 is 1. The molecule has 0 aromatic carbocycles. The van der Waals surface area contributed by atoms with Crippen molar-refractivity contribution in [3.63, 3.8) is 0 Å². The van der Waals surface area contributed by atoms with Gasteiger partial charge in [-0.1, -0.05) is 0 Å². The molecule has 0 N–H and O–H groups in total. The highest BCUT2D eigenvalue weighted by atomic mass is 32.1. The molecule has 2 heterocycles. The van der Waals surface area contributed by atoms with Gasteiger partial charge in [0.1, 0.15) is 5.75 Å². The lowest BCUT2D eigenvalue weighted by Crippen LogP contribution is -2.17. The second kappa shape index (κ2) is 7.76. The Balaban J connectivity index is 2.62. The highest BCUT2D eigenvalue weighted by Crippen LogP contribution is 2.38. The summed E-state index contributed by atoms with van der Waals surface area (Å²) in [6.45, 7) is 13.4. The van der Waals surface area contributed by atoms with Gasteiger partial charge >= 0.3 is 11.9 Å². The second-order valence-corrected chi connectivity index (χ2v) is 9.12. The Hall–Kier alpha value is -1.92. The Morgan fingerprint density at radius 1 is 0.769 bits per heavy atom. The van der Waals surface area contributed by atoms with Crippen LogP contribution in [0.3, 0.4) is 0 Å². The molecule has 0 aliphatic heterocycles. The smallest absolute Gasteiger partial charge is 0.344 e. The fourth-order valence-corrected chi connectivity index (χ4v) is 4.99. The molecule has 4 nitrogen and oxygen atoms in total. The molecular formula is C20H24O4S2. The van der Waals surface area contributed by atoms with Gasteiger partial charge in [-0.15, -0.1) is 22.7 Å². The second-order valence-electron chi connectivity index (χ2n) is 6.26. The Kier molecular flexibility index (Phi) is 6.09. The Morgan fingerprint density at radius 3 is 1.73 bits per heavy atom. The van der Waals surface area contributed by atoms with Crippen molar-refractivity contribution in [2.45, 2.75) is 48.5 Å². The number of hydrogen-bond donors (Lipinski definition) is 0.